The summed E-state index contributed by atoms with van der Waals surface area (Å²) in [5.74, 6) is -0.399. The molecule has 1 aliphatic rings. The third-order valence-corrected chi connectivity index (χ3v) is 3.19. The van der Waals surface area contributed by atoms with Crippen molar-refractivity contribution in [2.24, 2.45) is 0 Å². The summed E-state index contributed by atoms with van der Waals surface area (Å²) in [4.78, 5) is 23.5. The second-order valence-electron chi connectivity index (χ2n) is 4.91. The Bertz CT molecular complexity index is 795. The molecule has 0 fully saturated rings. The fourth-order valence-corrected chi connectivity index (χ4v) is 2.18. The van der Waals surface area contributed by atoms with E-state index in [-0.39, 0.29) is 23.8 Å². The number of rotatable bonds is 4. The van der Waals surface area contributed by atoms with Gasteiger partial charge in [-0.25, -0.2) is 0 Å². The number of amides is 2. The van der Waals surface area contributed by atoms with Crippen LogP contribution in [-0.2, 0) is 4.79 Å². The lowest BCUT2D eigenvalue weighted by Gasteiger charge is -2.18. The minimum atomic E-state index is -2.97. The fraction of sp³-hybridized carbons (Fsp3) is 0.125. The first kappa shape index (κ1) is 15.7. The highest BCUT2D eigenvalue weighted by molar-refractivity contribution is 6.05. The molecule has 2 aromatic carbocycles. The van der Waals surface area contributed by atoms with Crippen molar-refractivity contribution in [3.63, 3.8) is 0 Å². The maximum atomic E-state index is 12.2. The van der Waals surface area contributed by atoms with E-state index in [0.717, 1.165) is 0 Å². The Labute approximate surface area is 135 Å². The molecule has 2 aromatic rings. The summed E-state index contributed by atoms with van der Waals surface area (Å²) in [6.07, 6.45) is 0. The van der Waals surface area contributed by atoms with Gasteiger partial charge in [-0.3, -0.25) is 9.59 Å². The Kier molecular flexibility index (Phi) is 4.28. The van der Waals surface area contributed by atoms with Crippen molar-refractivity contribution in [1.29, 1.82) is 0 Å². The molecule has 2 amide bonds. The van der Waals surface area contributed by atoms with Gasteiger partial charge in [0.05, 0.1) is 5.69 Å². The van der Waals surface area contributed by atoms with Crippen LogP contribution in [0, 0.1) is 0 Å². The van der Waals surface area contributed by atoms with Gasteiger partial charge in [0.1, 0.15) is 11.5 Å². The number of nitrogens with one attached hydrogen (secondary N) is 2. The summed E-state index contributed by atoms with van der Waals surface area (Å²) < 4.78 is 33.9. The minimum absolute atomic E-state index is 0.0599. The van der Waals surface area contributed by atoms with Crippen LogP contribution in [0.4, 0.5) is 20.2 Å². The first-order valence-electron chi connectivity index (χ1n) is 6.94. The van der Waals surface area contributed by atoms with E-state index >= 15 is 0 Å². The van der Waals surface area contributed by atoms with Crippen LogP contribution in [0.25, 0.3) is 0 Å². The topological polar surface area (TPSA) is 76.7 Å². The molecule has 2 N–H and O–H groups in total. The number of anilines is 2. The molecule has 124 valence electrons. The number of halogens is 2. The van der Waals surface area contributed by atoms with E-state index in [1.54, 1.807) is 18.2 Å². The van der Waals surface area contributed by atoms with Crippen LogP contribution in [-0.4, -0.2) is 25.0 Å². The van der Waals surface area contributed by atoms with Crippen molar-refractivity contribution in [3.8, 4) is 11.5 Å². The highest BCUT2D eigenvalue weighted by Crippen LogP contribution is 2.30. The normalized spacial score (nSPS) is 12.9. The molecular formula is C16H12F2N2O4. The van der Waals surface area contributed by atoms with Crippen molar-refractivity contribution in [1.82, 2.24) is 0 Å². The van der Waals surface area contributed by atoms with Gasteiger partial charge in [0, 0.05) is 11.3 Å². The molecule has 0 saturated heterocycles. The maximum Gasteiger partial charge on any atom is 0.387 e. The van der Waals surface area contributed by atoms with E-state index in [9.17, 15) is 18.4 Å². The molecule has 1 heterocycles. The predicted octanol–water partition coefficient (Wildman–Crippen LogP) is 2.87. The van der Waals surface area contributed by atoms with Crippen LogP contribution >= 0.6 is 0 Å². The molecule has 0 saturated carbocycles. The van der Waals surface area contributed by atoms with Gasteiger partial charge in [-0.05, 0) is 36.4 Å². The Morgan fingerprint density at radius 2 is 2.08 bits per heavy atom. The number of benzene rings is 2. The second kappa shape index (κ2) is 6.53. The molecule has 3 rings (SSSR count). The van der Waals surface area contributed by atoms with Crippen LogP contribution in [0.3, 0.4) is 0 Å². The SMILES string of the molecule is O=C1COc2ccc(NC(=O)c3cccc(OC(F)F)c3)cc2N1. The van der Waals surface area contributed by atoms with Crippen molar-refractivity contribution in [2.75, 3.05) is 17.2 Å². The number of hydrogen-bond acceptors (Lipinski definition) is 4. The number of carbonyl (C=O) groups excluding carboxylic acids is 2. The van der Waals surface area contributed by atoms with Crippen molar-refractivity contribution >= 4 is 23.2 Å². The standard InChI is InChI=1S/C16H12F2N2O4/c17-16(18)24-11-3-1-2-9(6-11)15(22)19-10-4-5-13-12(7-10)20-14(21)8-23-13/h1-7,16H,8H2,(H,19,22)(H,20,21). The van der Waals surface area contributed by atoms with E-state index < -0.39 is 12.5 Å². The zero-order valence-corrected chi connectivity index (χ0v) is 12.2. The van der Waals surface area contributed by atoms with Crippen LogP contribution in [0.1, 0.15) is 10.4 Å². The van der Waals surface area contributed by atoms with Gasteiger partial charge < -0.3 is 20.1 Å². The predicted molar refractivity (Wildman–Crippen MR) is 81.6 cm³/mol. The molecule has 0 radical (unpaired) electrons. The van der Waals surface area contributed by atoms with E-state index in [4.69, 9.17) is 4.74 Å². The third kappa shape index (κ3) is 3.60. The molecule has 0 bridgehead atoms. The molecule has 24 heavy (non-hydrogen) atoms. The van der Waals surface area contributed by atoms with Gasteiger partial charge >= 0.3 is 6.61 Å². The van der Waals surface area contributed by atoms with Gasteiger partial charge in [-0.1, -0.05) is 6.07 Å². The quantitative estimate of drug-likeness (QED) is 0.901. The number of fused-ring (bicyclic) bond motifs is 1. The van der Waals surface area contributed by atoms with Crippen molar-refractivity contribution in [3.05, 3.63) is 48.0 Å². The number of hydrogen-bond donors (Lipinski definition) is 2. The lowest BCUT2D eigenvalue weighted by atomic mass is 10.2. The summed E-state index contributed by atoms with van der Waals surface area (Å²) in [6, 6.07) is 10.2. The summed E-state index contributed by atoms with van der Waals surface area (Å²) in [7, 11) is 0. The van der Waals surface area contributed by atoms with E-state index in [1.165, 1.54) is 24.3 Å². The molecule has 0 aromatic heterocycles. The third-order valence-electron chi connectivity index (χ3n) is 3.19. The second-order valence-corrected chi connectivity index (χ2v) is 4.91. The lowest BCUT2D eigenvalue weighted by Crippen LogP contribution is -2.25. The van der Waals surface area contributed by atoms with E-state index in [0.29, 0.717) is 17.1 Å². The zero-order chi connectivity index (χ0) is 17.1. The summed E-state index contributed by atoms with van der Waals surface area (Å²) in [5.41, 5.74) is 1.02. The number of ether oxygens (including phenoxy) is 2. The van der Waals surface area contributed by atoms with Crippen LogP contribution in [0.15, 0.2) is 42.5 Å². The molecule has 0 atom stereocenters. The Balaban J connectivity index is 1.75. The smallest absolute Gasteiger partial charge is 0.387 e. The first-order valence-corrected chi connectivity index (χ1v) is 6.94. The maximum absolute atomic E-state index is 12.2. The van der Waals surface area contributed by atoms with Gasteiger partial charge in [-0.2, -0.15) is 8.78 Å². The van der Waals surface area contributed by atoms with E-state index in [1.807, 2.05) is 0 Å². The highest BCUT2D eigenvalue weighted by Gasteiger charge is 2.17. The monoisotopic (exact) mass is 334 g/mol. The summed E-state index contributed by atoms with van der Waals surface area (Å²) in [6.45, 7) is -3.03. The van der Waals surface area contributed by atoms with Crippen molar-refractivity contribution < 1.29 is 27.8 Å². The molecule has 6 nitrogen and oxygen atoms in total. The number of carbonyl (C=O) groups is 2. The lowest BCUT2D eigenvalue weighted by molar-refractivity contribution is -0.118. The van der Waals surface area contributed by atoms with Crippen LogP contribution < -0.4 is 20.1 Å². The Hall–Kier alpha value is -3.16. The minimum Gasteiger partial charge on any atom is -0.482 e. The largest absolute Gasteiger partial charge is 0.482 e. The Morgan fingerprint density at radius 1 is 1.25 bits per heavy atom. The van der Waals surface area contributed by atoms with Gasteiger partial charge in [0.25, 0.3) is 11.8 Å². The molecule has 8 heteroatoms. The molecule has 0 spiro atoms. The van der Waals surface area contributed by atoms with Crippen LogP contribution in [0.5, 0.6) is 11.5 Å². The van der Waals surface area contributed by atoms with Crippen molar-refractivity contribution in [2.45, 2.75) is 6.61 Å². The van der Waals surface area contributed by atoms with Gasteiger partial charge in [-0.15, -0.1) is 0 Å². The average molecular weight is 334 g/mol. The fourth-order valence-electron chi connectivity index (χ4n) is 2.18. The molecule has 1 aliphatic heterocycles. The molecule has 0 unspecified atom stereocenters. The summed E-state index contributed by atoms with van der Waals surface area (Å²) in [5, 5.41) is 5.24. The first-order chi connectivity index (χ1) is 11.5. The van der Waals surface area contributed by atoms with E-state index in [2.05, 4.69) is 15.4 Å². The van der Waals surface area contributed by atoms with Crippen LogP contribution in [0.2, 0.25) is 0 Å². The van der Waals surface area contributed by atoms with Gasteiger partial charge in [0.2, 0.25) is 0 Å². The van der Waals surface area contributed by atoms with Gasteiger partial charge in [0.15, 0.2) is 6.61 Å². The average Bonchev–Trinajstić information content (AvgIpc) is 2.54. The number of alkyl halides is 2. The zero-order valence-electron chi connectivity index (χ0n) is 12.2. The Morgan fingerprint density at radius 3 is 2.88 bits per heavy atom. The summed E-state index contributed by atoms with van der Waals surface area (Å²) >= 11 is 0. The molecular weight excluding hydrogens is 322 g/mol. The highest BCUT2D eigenvalue weighted by atomic mass is 19.3. The molecule has 0 aliphatic carbocycles.